The van der Waals surface area contributed by atoms with Crippen molar-refractivity contribution in [1.29, 1.82) is 0 Å². The first-order valence-electron chi connectivity index (χ1n) is 5.19. The van der Waals surface area contributed by atoms with Gasteiger partial charge in [-0.3, -0.25) is 0 Å². The van der Waals surface area contributed by atoms with Gasteiger partial charge >= 0.3 is 0 Å². The van der Waals surface area contributed by atoms with Crippen LogP contribution >= 0.6 is 0 Å². The number of hydrogen-bond donors (Lipinski definition) is 1. The summed E-state index contributed by atoms with van der Waals surface area (Å²) in [5.74, 6) is 0.849. The molecule has 16 heavy (non-hydrogen) atoms. The lowest BCUT2D eigenvalue weighted by molar-refractivity contribution is -0.0279. The third kappa shape index (κ3) is 1.59. The van der Waals surface area contributed by atoms with E-state index in [1.165, 1.54) is 12.5 Å². The van der Waals surface area contributed by atoms with Crippen LogP contribution in [0.1, 0.15) is 12.0 Å². The zero-order chi connectivity index (χ0) is 11.0. The summed E-state index contributed by atoms with van der Waals surface area (Å²) in [4.78, 5) is 6.45. The number of aliphatic hydroxyl groups is 1. The molecule has 3 heterocycles. The summed E-state index contributed by atoms with van der Waals surface area (Å²) in [6, 6.07) is 5.68. The zero-order valence-electron chi connectivity index (χ0n) is 8.61. The van der Waals surface area contributed by atoms with Crippen LogP contribution in [0.15, 0.2) is 30.7 Å². The topological polar surface area (TPSA) is 54.8 Å². The van der Waals surface area contributed by atoms with E-state index in [1.807, 2.05) is 23.1 Å². The van der Waals surface area contributed by atoms with Crippen LogP contribution in [0.5, 0.6) is 0 Å². The first-order chi connectivity index (χ1) is 7.83. The van der Waals surface area contributed by atoms with Gasteiger partial charge in [0.05, 0.1) is 6.10 Å². The molecule has 3 rings (SSSR count). The standard InChI is InChI=1S/C11H12N2O3/c14-8-6-13(7-8)10-3-1-2-9(12-10)11-15-4-5-16-11/h1-5,8,11,14H,6-7H2. The van der Waals surface area contributed by atoms with Crippen LogP contribution in [0, 0.1) is 0 Å². The van der Waals surface area contributed by atoms with Crippen molar-refractivity contribution in [3.63, 3.8) is 0 Å². The van der Waals surface area contributed by atoms with E-state index in [4.69, 9.17) is 9.47 Å². The largest absolute Gasteiger partial charge is 0.454 e. The molecule has 0 aromatic carbocycles. The molecule has 2 aliphatic rings. The highest BCUT2D eigenvalue weighted by Gasteiger charge is 2.26. The Hall–Kier alpha value is -1.75. The second-order valence-electron chi connectivity index (χ2n) is 3.86. The second kappa shape index (κ2) is 3.68. The predicted molar refractivity (Wildman–Crippen MR) is 56.5 cm³/mol. The molecular weight excluding hydrogens is 208 g/mol. The number of ether oxygens (including phenoxy) is 2. The first-order valence-corrected chi connectivity index (χ1v) is 5.19. The number of aliphatic hydroxyl groups excluding tert-OH is 1. The maximum atomic E-state index is 9.23. The minimum Gasteiger partial charge on any atom is -0.454 e. The van der Waals surface area contributed by atoms with Crippen molar-refractivity contribution in [1.82, 2.24) is 4.98 Å². The fourth-order valence-electron chi connectivity index (χ4n) is 1.77. The van der Waals surface area contributed by atoms with E-state index < -0.39 is 6.29 Å². The van der Waals surface area contributed by atoms with Crippen molar-refractivity contribution in [2.24, 2.45) is 0 Å². The Morgan fingerprint density at radius 1 is 1.25 bits per heavy atom. The molecule has 1 aromatic heterocycles. The molecule has 0 spiro atoms. The van der Waals surface area contributed by atoms with Crippen LogP contribution in [-0.4, -0.2) is 29.3 Å². The highest BCUT2D eigenvalue weighted by Crippen LogP contribution is 2.25. The summed E-state index contributed by atoms with van der Waals surface area (Å²) >= 11 is 0. The molecule has 0 bridgehead atoms. The molecular formula is C11H12N2O3. The summed E-state index contributed by atoms with van der Waals surface area (Å²) in [5.41, 5.74) is 0.740. The van der Waals surface area contributed by atoms with Crippen molar-refractivity contribution in [2.45, 2.75) is 12.4 Å². The first kappa shape index (κ1) is 9.47. The van der Waals surface area contributed by atoms with Gasteiger partial charge in [0.2, 0.25) is 0 Å². The van der Waals surface area contributed by atoms with E-state index in [1.54, 1.807) is 0 Å². The number of hydrogen-bond acceptors (Lipinski definition) is 5. The molecule has 5 heteroatoms. The molecule has 2 aliphatic heterocycles. The predicted octanol–water partition coefficient (Wildman–Crippen LogP) is 0.779. The Balaban J connectivity index is 1.77. The van der Waals surface area contributed by atoms with Crippen molar-refractivity contribution < 1.29 is 14.6 Å². The third-order valence-corrected chi connectivity index (χ3v) is 2.64. The second-order valence-corrected chi connectivity index (χ2v) is 3.86. The molecule has 0 amide bonds. The van der Waals surface area contributed by atoms with E-state index in [-0.39, 0.29) is 6.10 Å². The van der Waals surface area contributed by atoms with Gasteiger partial charge in [0.1, 0.15) is 24.0 Å². The maximum absolute atomic E-state index is 9.23. The molecule has 84 valence electrons. The number of β-amino-alcohol motifs (C(OH)–C–C–N with tert-alkyl or cyclic N) is 1. The van der Waals surface area contributed by atoms with Gasteiger partial charge in [-0.2, -0.15) is 0 Å². The van der Waals surface area contributed by atoms with Crippen molar-refractivity contribution in [2.75, 3.05) is 18.0 Å². The van der Waals surface area contributed by atoms with Crippen molar-refractivity contribution in [3.05, 3.63) is 36.4 Å². The Morgan fingerprint density at radius 2 is 2.00 bits per heavy atom. The molecule has 5 nitrogen and oxygen atoms in total. The molecule has 1 saturated heterocycles. The Kier molecular flexibility index (Phi) is 2.18. The fraction of sp³-hybridized carbons (Fsp3) is 0.364. The highest BCUT2D eigenvalue weighted by molar-refractivity contribution is 5.42. The average molecular weight is 220 g/mol. The smallest absolute Gasteiger partial charge is 0.283 e. The van der Waals surface area contributed by atoms with E-state index in [0.717, 1.165) is 11.5 Å². The van der Waals surface area contributed by atoms with E-state index in [2.05, 4.69) is 4.98 Å². The van der Waals surface area contributed by atoms with Gasteiger partial charge in [0.25, 0.3) is 6.29 Å². The molecule has 1 aromatic rings. The normalized spacial score (nSPS) is 20.4. The molecule has 0 atom stereocenters. The SMILES string of the molecule is OC1CN(c2cccc(C3OC=CO3)n2)C1. The molecule has 1 fully saturated rings. The van der Waals surface area contributed by atoms with Gasteiger partial charge in [-0.15, -0.1) is 0 Å². The molecule has 1 N–H and O–H groups in total. The lowest BCUT2D eigenvalue weighted by Crippen LogP contribution is -2.51. The summed E-state index contributed by atoms with van der Waals surface area (Å²) in [7, 11) is 0. The number of pyridine rings is 1. The zero-order valence-corrected chi connectivity index (χ0v) is 8.61. The lowest BCUT2D eigenvalue weighted by atomic mass is 10.1. The van der Waals surface area contributed by atoms with Crippen LogP contribution in [0.4, 0.5) is 5.82 Å². The van der Waals surface area contributed by atoms with Gasteiger partial charge < -0.3 is 19.5 Å². The average Bonchev–Trinajstić information content (AvgIpc) is 2.78. The van der Waals surface area contributed by atoms with Gasteiger partial charge in [0.15, 0.2) is 0 Å². The summed E-state index contributed by atoms with van der Waals surface area (Å²) < 4.78 is 10.4. The summed E-state index contributed by atoms with van der Waals surface area (Å²) in [6.45, 7) is 1.28. The van der Waals surface area contributed by atoms with Gasteiger partial charge in [-0.1, -0.05) is 6.07 Å². The Bertz CT molecular complexity index is 407. The van der Waals surface area contributed by atoms with Gasteiger partial charge in [-0.25, -0.2) is 4.98 Å². The Morgan fingerprint density at radius 3 is 2.69 bits per heavy atom. The third-order valence-electron chi connectivity index (χ3n) is 2.64. The van der Waals surface area contributed by atoms with Crippen LogP contribution < -0.4 is 4.90 Å². The molecule has 0 aliphatic carbocycles. The van der Waals surface area contributed by atoms with E-state index in [9.17, 15) is 5.11 Å². The fourth-order valence-corrected chi connectivity index (χ4v) is 1.77. The van der Waals surface area contributed by atoms with Crippen molar-refractivity contribution >= 4 is 5.82 Å². The van der Waals surface area contributed by atoms with E-state index >= 15 is 0 Å². The summed E-state index contributed by atoms with van der Waals surface area (Å²) in [6.07, 6.45) is 2.34. The van der Waals surface area contributed by atoms with Gasteiger partial charge in [-0.05, 0) is 12.1 Å². The monoisotopic (exact) mass is 220 g/mol. The quantitative estimate of drug-likeness (QED) is 0.798. The van der Waals surface area contributed by atoms with Crippen LogP contribution in [0.2, 0.25) is 0 Å². The minimum absolute atomic E-state index is 0.230. The van der Waals surface area contributed by atoms with Crippen LogP contribution in [-0.2, 0) is 9.47 Å². The molecule has 0 saturated carbocycles. The van der Waals surface area contributed by atoms with E-state index in [0.29, 0.717) is 13.1 Å². The van der Waals surface area contributed by atoms with Crippen molar-refractivity contribution in [3.8, 4) is 0 Å². The molecule has 0 radical (unpaired) electrons. The van der Waals surface area contributed by atoms with Crippen LogP contribution in [0.25, 0.3) is 0 Å². The minimum atomic E-state index is -0.439. The highest BCUT2D eigenvalue weighted by atomic mass is 16.7. The maximum Gasteiger partial charge on any atom is 0.283 e. The Labute approximate surface area is 92.9 Å². The van der Waals surface area contributed by atoms with Gasteiger partial charge in [0, 0.05) is 13.1 Å². The number of aromatic nitrogens is 1. The van der Waals surface area contributed by atoms with Crippen LogP contribution in [0.3, 0.4) is 0 Å². The number of anilines is 1. The molecule has 0 unspecified atom stereocenters. The lowest BCUT2D eigenvalue weighted by Gasteiger charge is -2.37. The number of nitrogens with zero attached hydrogens (tertiary/aromatic N) is 2. The summed E-state index contributed by atoms with van der Waals surface area (Å²) in [5, 5.41) is 9.23. The number of rotatable bonds is 2.